The van der Waals surface area contributed by atoms with Gasteiger partial charge in [0, 0.05) is 37.8 Å². The van der Waals surface area contributed by atoms with Crippen LogP contribution in [0.4, 0.5) is 0 Å². The van der Waals surface area contributed by atoms with E-state index >= 15 is 0 Å². The second-order valence-electron chi connectivity index (χ2n) is 6.52. The van der Waals surface area contributed by atoms with Crippen molar-refractivity contribution >= 4 is 11.8 Å². The SMILES string of the molecule is CCc1ccc(C(=O)N2CCN(C(=O)c3ccc(OC)cc3O)CC2)cc1. The Balaban J connectivity index is 1.62. The maximum Gasteiger partial charge on any atom is 0.257 e. The number of aryl methyl sites for hydroxylation is 1. The summed E-state index contributed by atoms with van der Waals surface area (Å²) in [5.41, 5.74) is 2.10. The second-order valence-corrected chi connectivity index (χ2v) is 6.52. The molecule has 0 bridgehead atoms. The van der Waals surface area contributed by atoms with Gasteiger partial charge < -0.3 is 19.6 Å². The molecule has 1 N–H and O–H groups in total. The minimum Gasteiger partial charge on any atom is -0.507 e. The third kappa shape index (κ3) is 4.05. The molecule has 0 saturated carbocycles. The minimum atomic E-state index is -0.241. The molecule has 0 spiro atoms. The quantitative estimate of drug-likeness (QED) is 0.900. The third-order valence-electron chi connectivity index (χ3n) is 4.90. The van der Waals surface area contributed by atoms with Crippen molar-refractivity contribution in [1.29, 1.82) is 0 Å². The summed E-state index contributed by atoms with van der Waals surface area (Å²) in [6.07, 6.45) is 0.938. The monoisotopic (exact) mass is 368 g/mol. The highest BCUT2D eigenvalue weighted by Crippen LogP contribution is 2.25. The molecule has 2 amide bonds. The molecule has 0 atom stereocenters. The zero-order valence-corrected chi connectivity index (χ0v) is 15.6. The standard InChI is InChI=1S/C21H24N2O4/c1-3-15-4-6-16(7-5-15)20(25)22-10-12-23(13-11-22)21(26)18-9-8-17(27-2)14-19(18)24/h4-9,14,24H,3,10-13H2,1-2H3. The molecule has 2 aromatic rings. The van der Waals surface area contributed by atoms with E-state index in [2.05, 4.69) is 6.92 Å². The van der Waals surface area contributed by atoms with Gasteiger partial charge in [0.2, 0.25) is 0 Å². The number of carbonyl (C=O) groups excluding carboxylic acids is 2. The normalized spacial score (nSPS) is 14.1. The number of nitrogens with zero attached hydrogens (tertiary/aromatic N) is 2. The highest BCUT2D eigenvalue weighted by Gasteiger charge is 2.26. The molecule has 3 rings (SSSR count). The van der Waals surface area contributed by atoms with E-state index in [9.17, 15) is 14.7 Å². The van der Waals surface area contributed by atoms with Crippen LogP contribution in [0.5, 0.6) is 11.5 Å². The van der Waals surface area contributed by atoms with Gasteiger partial charge in [-0.15, -0.1) is 0 Å². The van der Waals surface area contributed by atoms with Gasteiger partial charge in [0.15, 0.2) is 0 Å². The van der Waals surface area contributed by atoms with Crippen LogP contribution in [0.1, 0.15) is 33.2 Å². The molecule has 1 aliphatic heterocycles. The zero-order valence-electron chi connectivity index (χ0n) is 15.6. The summed E-state index contributed by atoms with van der Waals surface area (Å²) in [6, 6.07) is 12.3. The van der Waals surface area contributed by atoms with Gasteiger partial charge in [-0.25, -0.2) is 0 Å². The molecule has 1 aliphatic rings. The van der Waals surface area contributed by atoms with Crippen LogP contribution in [0.25, 0.3) is 0 Å². The summed E-state index contributed by atoms with van der Waals surface area (Å²) in [5.74, 6) is 0.133. The van der Waals surface area contributed by atoms with Crippen LogP contribution in [-0.4, -0.2) is 60.0 Å². The first-order chi connectivity index (χ1) is 13.0. The van der Waals surface area contributed by atoms with Crippen LogP contribution in [0.15, 0.2) is 42.5 Å². The zero-order chi connectivity index (χ0) is 19.4. The van der Waals surface area contributed by atoms with E-state index in [0.717, 1.165) is 6.42 Å². The number of phenolic OH excluding ortho intramolecular Hbond substituents is 1. The Morgan fingerprint density at radius 3 is 2.07 bits per heavy atom. The van der Waals surface area contributed by atoms with Crippen LogP contribution in [-0.2, 0) is 6.42 Å². The van der Waals surface area contributed by atoms with E-state index in [0.29, 0.717) is 37.5 Å². The Hall–Kier alpha value is -3.02. The van der Waals surface area contributed by atoms with Gasteiger partial charge in [-0.1, -0.05) is 19.1 Å². The van der Waals surface area contributed by atoms with E-state index in [4.69, 9.17) is 4.74 Å². The van der Waals surface area contributed by atoms with E-state index in [1.807, 2.05) is 24.3 Å². The number of piperazine rings is 1. The van der Waals surface area contributed by atoms with Crippen LogP contribution in [0.3, 0.4) is 0 Å². The van der Waals surface area contributed by atoms with Gasteiger partial charge in [-0.2, -0.15) is 0 Å². The van der Waals surface area contributed by atoms with E-state index in [1.165, 1.54) is 18.7 Å². The Labute approximate surface area is 159 Å². The molecule has 0 unspecified atom stereocenters. The summed E-state index contributed by atoms with van der Waals surface area (Å²) in [5, 5.41) is 10.1. The van der Waals surface area contributed by atoms with Crippen molar-refractivity contribution in [3.05, 3.63) is 59.2 Å². The lowest BCUT2D eigenvalue weighted by Crippen LogP contribution is -2.50. The van der Waals surface area contributed by atoms with Gasteiger partial charge in [0.1, 0.15) is 11.5 Å². The van der Waals surface area contributed by atoms with Crippen molar-refractivity contribution < 1.29 is 19.4 Å². The molecular formula is C21H24N2O4. The Bertz CT molecular complexity index is 825. The first kappa shape index (κ1) is 18.8. The van der Waals surface area contributed by atoms with Gasteiger partial charge in [0.05, 0.1) is 12.7 Å². The van der Waals surface area contributed by atoms with Crippen molar-refractivity contribution in [3.8, 4) is 11.5 Å². The molecule has 27 heavy (non-hydrogen) atoms. The fourth-order valence-corrected chi connectivity index (χ4v) is 3.17. The Kier molecular flexibility index (Phi) is 5.64. The number of methoxy groups -OCH3 is 1. The highest BCUT2D eigenvalue weighted by molar-refractivity contribution is 5.97. The van der Waals surface area contributed by atoms with Crippen molar-refractivity contribution in [3.63, 3.8) is 0 Å². The molecule has 142 valence electrons. The maximum absolute atomic E-state index is 12.7. The number of carbonyl (C=O) groups is 2. The fraction of sp³-hybridized carbons (Fsp3) is 0.333. The lowest BCUT2D eigenvalue weighted by Gasteiger charge is -2.35. The van der Waals surface area contributed by atoms with Gasteiger partial charge >= 0.3 is 0 Å². The van der Waals surface area contributed by atoms with Crippen LogP contribution >= 0.6 is 0 Å². The molecule has 0 radical (unpaired) electrons. The van der Waals surface area contributed by atoms with Gasteiger partial charge in [0.25, 0.3) is 11.8 Å². The maximum atomic E-state index is 12.7. The molecule has 1 saturated heterocycles. The van der Waals surface area contributed by atoms with E-state index < -0.39 is 0 Å². The average molecular weight is 368 g/mol. The number of phenols is 1. The first-order valence-corrected chi connectivity index (χ1v) is 9.08. The van der Waals surface area contributed by atoms with Crippen molar-refractivity contribution in [2.75, 3.05) is 33.3 Å². The summed E-state index contributed by atoms with van der Waals surface area (Å²) >= 11 is 0. The summed E-state index contributed by atoms with van der Waals surface area (Å²) in [6.45, 7) is 3.88. The van der Waals surface area contributed by atoms with Crippen LogP contribution < -0.4 is 4.74 Å². The molecule has 0 aromatic heterocycles. The summed E-state index contributed by atoms with van der Waals surface area (Å²) in [4.78, 5) is 28.7. The number of rotatable bonds is 4. The second kappa shape index (κ2) is 8.12. The number of hydrogen-bond donors (Lipinski definition) is 1. The van der Waals surface area contributed by atoms with E-state index in [1.54, 1.807) is 21.9 Å². The smallest absolute Gasteiger partial charge is 0.257 e. The predicted octanol–water partition coefficient (Wildman–Crippen LogP) is 2.56. The molecule has 2 aromatic carbocycles. The molecule has 1 fully saturated rings. The largest absolute Gasteiger partial charge is 0.507 e. The van der Waals surface area contributed by atoms with Gasteiger partial charge in [-0.05, 0) is 36.2 Å². The lowest BCUT2D eigenvalue weighted by atomic mass is 10.1. The first-order valence-electron chi connectivity index (χ1n) is 9.08. The lowest BCUT2D eigenvalue weighted by molar-refractivity contribution is 0.0533. The van der Waals surface area contributed by atoms with Crippen molar-refractivity contribution in [2.45, 2.75) is 13.3 Å². The molecular weight excluding hydrogens is 344 g/mol. The number of aromatic hydroxyl groups is 1. The molecule has 0 aliphatic carbocycles. The molecule has 6 nitrogen and oxygen atoms in total. The Morgan fingerprint density at radius 2 is 1.56 bits per heavy atom. The van der Waals surface area contributed by atoms with Crippen LogP contribution in [0, 0.1) is 0 Å². The van der Waals surface area contributed by atoms with Crippen molar-refractivity contribution in [2.24, 2.45) is 0 Å². The summed E-state index contributed by atoms with van der Waals surface area (Å²) in [7, 11) is 1.50. The number of amides is 2. The minimum absolute atomic E-state index is 0.0166. The molecule has 1 heterocycles. The van der Waals surface area contributed by atoms with Gasteiger partial charge in [-0.3, -0.25) is 9.59 Å². The summed E-state index contributed by atoms with van der Waals surface area (Å²) < 4.78 is 5.04. The van der Waals surface area contributed by atoms with Crippen molar-refractivity contribution in [1.82, 2.24) is 9.80 Å². The van der Waals surface area contributed by atoms with E-state index in [-0.39, 0.29) is 23.1 Å². The average Bonchev–Trinajstić information content (AvgIpc) is 2.72. The number of hydrogen-bond acceptors (Lipinski definition) is 4. The number of ether oxygens (including phenoxy) is 1. The topological polar surface area (TPSA) is 70.1 Å². The predicted molar refractivity (Wildman–Crippen MR) is 102 cm³/mol. The highest BCUT2D eigenvalue weighted by atomic mass is 16.5. The Morgan fingerprint density at radius 1 is 0.963 bits per heavy atom. The fourth-order valence-electron chi connectivity index (χ4n) is 3.17. The third-order valence-corrected chi connectivity index (χ3v) is 4.90. The number of benzene rings is 2. The van der Waals surface area contributed by atoms with Crippen LogP contribution in [0.2, 0.25) is 0 Å². The molecule has 6 heteroatoms.